The maximum atomic E-state index is 13.8. The van der Waals surface area contributed by atoms with Crippen LogP contribution in [0.25, 0.3) is 11.3 Å². The molecule has 37 heavy (non-hydrogen) atoms. The number of alkyl halides is 3. The van der Waals surface area contributed by atoms with Crippen molar-refractivity contribution in [2.45, 2.75) is 25.6 Å². The number of likely N-dealkylation sites (N-methyl/N-ethyl adjacent to an activating group) is 1. The Balaban J connectivity index is 1.75. The van der Waals surface area contributed by atoms with Crippen molar-refractivity contribution in [2.75, 3.05) is 18.5 Å². The van der Waals surface area contributed by atoms with Gasteiger partial charge in [-0.3, -0.25) is 4.90 Å². The fourth-order valence-corrected chi connectivity index (χ4v) is 4.95. The monoisotopic (exact) mass is 505 g/mol. The highest BCUT2D eigenvalue weighted by molar-refractivity contribution is 5.98. The van der Waals surface area contributed by atoms with E-state index < -0.39 is 23.8 Å². The zero-order valence-electron chi connectivity index (χ0n) is 20.0. The number of nitrogens with one attached hydrogen (secondary N) is 1. The molecule has 0 spiro atoms. The van der Waals surface area contributed by atoms with Gasteiger partial charge in [0.25, 0.3) is 0 Å². The molecule has 0 saturated carbocycles. The third-order valence-electron chi connectivity index (χ3n) is 6.60. The number of oxazole rings is 1. The highest BCUT2D eigenvalue weighted by Gasteiger charge is 2.43. The molecule has 1 aromatic heterocycles. The molecule has 0 saturated heterocycles. The third kappa shape index (κ3) is 4.12. The summed E-state index contributed by atoms with van der Waals surface area (Å²) in [5.41, 5.74) is 3.18. The zero-order chi connectivity index (χ0) is 26.3. The second-order valence-corrected chi connectivity index (χ2v) is 8.70. The minimum Gasteiger partial charge on any atom is -0.444 e. The lowest BCUT2D eigenvalue weighted by Gasteiger charge is -2.45. The average Bonchev–Trinajstić information content (AvgIpc) is 3.44. The maximum Gasteiger partial charge on any atom is 0.416 e. The van der Waals surface area contributed by atoms with Crippen molar-refractivity contribution < 1.29 is 22.4 Å². The van der Waals surface area contributed by atoms with Crippen LogP contribution in [0.3, 0.4) is 0 Å². The largest absolute Gasteiger partial charge is 0.444 e. The number of nitriles is 1. The Morgan fingerprint density at radius 1 is 1.24 bits per heavy atom. The number of urea groups is 1. The molecule has 3 heterocycles. The number of nitrogens with zero attached hydrogens (tertiary/aromatic N) is 4. The van der Waals surface area contributed by atoms with Crippen molar-refractivity contribution in [3.63, 3.8) is 0 Å². The Hall–Kier alpha value is -4.52. The number of carbonyl (C=O) groups is 1. The predicted molar refractivity (Wildman–Crippen MR) is 130 cm³/mol. The van der Waals surface area contributed by atoms with Gasteiger partial charge in [0, 0.05) is 42.5 Å². The molecule has 10 heteroatoms. The number of hydrogen-bond acceptors (Lipinski definition) is 5. The molecule has 0 unspecified atom stereocenters. The number of carbonyl (C=O) groups excluding carboxylic acids is 1. The number of allylic oxidation sites excluding steroid dienone is 1. The molecule has 2 aromatic carbocycles. The lowest BCUT2D eigenvalue weighted by molar-refractivity contribution is -0.137. The molecular weight excluding hydrogens is 483 g/mol. The van der Waals surface area contributed by atoms with Gasteiger partial charge in [-0.05, 0) is 42.8 Å². The van der Waals surface area contributed by atoms with Crippen LogP contribution in [-0.4, -0.2) is 29.5 Å². The van der Waals surface area contributed by atoms with Crippen LogP contribution in [0.2, 0.25) is 0 Å². The molecule has 1 N–H and O–H groups in total. The van der Waals surface area contributed by atoms with E-state index in [4.69, 9.17) is 4.42 Å². The van der Waals surface area contributed by atoms with Crippen LogP contribution in [0, 0.1) is 11.3 Å². The predicted octanol–water partition coefficient (Wildman–Crippen LogP) is 6.00. The summed E-state index contributed by atoms with van der Waals surface area (Å²) < 4.78 is 46.1. The fraction of sp³-hybridized carbons (Fsp3) is 0.222. The Labute approximate surface area is 211 Å². The minimum absolute atomic E-state index is 0.144. The second kappa shape index (κ2) is 9.17. The van der Waals surface area contributed by atoms with Crippen LogP contribution in [0.4, 0.5) is 23.7 Å². The van der Waals surface area contributed by atoms with E-state index in [0.717, 1.165) is 23.4 Å². The van der Waals surface area contributed by atoms with Crippen LogP contribution in [0.1, 0.15) is 36.1 Å². The van der Waals surface area contributed by atoms with Gasteiger partial charge in [-0.25, -0.2) is 9.78 Å². The van der Waals surface area contributed by atoms with Gasteiger partial charge in [0.2, 0.25) is 0 Å². The number of aromatic nitrogens is 1. The summed E-state index contributed by atoms with van der Waals surface area (Å²) in [6.45, 7) is 2.37. The highest BCUT2D eigenvalue weighted by Crippen LogP contribution is 2.46. The van der Waals surface area contributed by atoms with E-state index in [0.29, 0.717) is 41.1 Å². The molecule has 3 aromatic rings. The van der Waals surface area contributed by atoms with E-state index in [1.165, 1.54) is 34.5 Å². The molecule has 7 nitrogen and oxygen atoms in total. The molecule has 2 aliphatic heterocycles. The molecule has 0 bridgehead atoms. The number of benzene rings is 2. The Bertz CT molecular complexity index is 1470. The minimum atomic E-state index is -4.54. The summed E-state index contributed by atoms with van der Waals surface area (Å²) in [5.74, 6) is 0.432. The van der Waals surface area contributed by atoms with Crippen molar-refractivity contribution in [3.8, 4) is 17.4 Å². The number of amides is 2. The first-order valence-corrected chi connectivity index (χ1v) is 11.5. The highest BCUT2D eigenvalue weighted by atomic mass is 19.4. The molecule has 1 atom stereocenters. The molecular formula is C27H22F3N5O2. The molecule has 2 amide bonds. The Morgan fingerprint density at radius 2 is 2.05 bits per heavy atom. The van der Waals surface area contributed by atoms with Crippen molar-refractivity contribution >= 4 is 11.7 Å². The first-order chi connectivity index (χ1) is 17.7. The fourth-order valence-electron chi connectivity index (χ4n) is 4.95. The first-order valence-electron chi connectivity index (χ1n) is 11.5. The van der Waals surface area contributed by atoms with Crippen molar-refractivity contribution in [3.05, 3.63) is 94.8 Å². The van der Waals surface area contributed by atoms with Crippen LogP contribution in [0.15, 0.2) is 82.5 Å². The van der Waals surface area contributed by atoms with Crippen LogP contribution >= 0.6 is 0 Å². The molecule has 188 valence electrons. The Morgan fingerprint density at radius 3 is 2.73 bits per heavy atom. The van der Waals surface area contributed by atoms with Gasteiger partial charge in [-0.1, -0.05) is 18.2 Å². The second-order valence-electron chi connectivity index (χ2n) is 8.70. The van der Waals surface area contributed by atoms with E-state index in [1.54, 1.807) is 25.2 Å². The smallest absolute Gasteiger partial charge is 0.416 e. The van der Waals surface area contributed by atoms with E-state index in [2.05, 4.69) is 16.4 Å². The molecule has 0 radical (unpaired) electrons. The molecule has 0 aliphatic carbocycles. The van der Waals surface area contributed by atoms with E-state index in [1.807, 2.05) is 13.0 Å². The summed E-state index contributed by atoms with van der Waals surface area (Å²) in [6.07, 6.45) is 0.579. The quantitative estimate of drug-likeness (QED) is 0.472. The zero-order valence-corrected chi connectivity index (χ0v) is 20.0. The lowest BCUT2D eigenvalue weighted by Crippen LogP contribution is -2.51. The molecule has 2 aliphatic rings. The van der Waals surface area contributed by atoms with Crippen LogP contribution in [0.5, 0.6) is 0 Å². The molecule has 5 rings (SSSR count). The third-order valence-corrected chi connectivity index (χ3v) is 6.60. The normalized spacial score (nSPS) is 19.1. The van der Waals surface area contributed by atoms with E-state index in [9.17, 15) is 23.2 Å². The summed E-state index contributed by atoms with van der Waals surface area (Å²) in [5, 5.41) is 12.8. The number of anilines is 1. The number of rotatable bonds is 3. The standard InChI is InChI=1S/C27H22F3N5O2/c1-3-21-24-22(9-10-33-21)35(18-6-4-5-17(12-18)27(28,29)30)26(36)34(2)25(24)19-8-7-16(13-31)11-20(19)23-14-32-15-37-23/h3-8,11-12,14-15,25,33H,9-10H2,1-2H3/t25-/m1/s1. The maximum absolute atomic E-state index is 13.8. The van der Waals surface area contributed by atoms with Gasteiger partial charge in [0.05, 0.1) is 35.1 Å². The summed E-state index contributed by atoms with van der Waals surface area (Å²) in [4.78, 5) is 20.7. The van der Waals surface area contributed by atoms with Crippen LogP contribution in [-0.2, 0) is 6.18 Å². The van der Waals surface area contributed by atoms with Crippen LogP contribution < -0.4 is 10.2 Å². The molecule has 0 fully saturated rings. The first kappa shape index (κ1) is 24.2. The van der Waals surface area contributed by atoms with Gasteiger partial charge < -0.3 is 14.6 Å². The van der Waals surface area contributed by atoms with E-state index >= 15 is 0 Å². The van der Waals surface area contributed by atoms with Crippen molar-refractivity contribution in [1.82, 2.24) is 15.2 Å². The van der Waals surface area contributed by atoms with Gasteiger partial charge in [0.15, 0.2) is 12.2 Å². The van der Waals surface area contributed by atoms with Gasteiger partial charge in [0.1, 0.15) is 0 Å². The van der Waals surface area contributed by atoms with Gasteiger partial charge in [-0.15, -0.1) is 0 Å². The summed E-state index contributed by atoms with van der Waals surface area (Å²) >= 11 is 0. The number of hydrogen-bond donors (Lipinski definition) is 1. The van der Waals surface area contributed by atoms with Crippen molar-refractivity contribution in [2.24, 2.45) is 0 Å². The topological polar surface area (TPSA) is 85.4 Å². The van der Waals surface area contributed by atoms with Gasteiger partial charge >= 0.3 is 12.2 Å². The van der Waals surface area contributed by atoms with E-state index in [-0.39, 0.29) is 5.69 Å². The summed E-state index contributed by atoms with van der Waals surface area (Å²) in [7, 11) is 1.61. The van der Waals surface area contributed by atoms with Crippen molar-refractivity contribution in [1.29, 1.82) is 5.26 Å². The SMILES string of the molecule is CC=C1NCCC2=C1[C@@H](c1ccc(C#N)cc1-c1cnco1)N(C)C(=O)N2c1cccc(C(F)(F)F)c1. The van der Waals surface area contributed by atoms with Gasteiger partial charge in [-0.2, -0.15) is 18.4 Å². The average molecular weight is 506 g/mol. The number of halogens is 3. The summed E-state index contributed by atoms with van der Waals surface area (Å²) in [6, 6.07) is 11.0. The Kier molecular flexibility index (Phi) is 5.99. The lowest BCUT2D eigenvalue weighted by atomic mass is 9.84.